The monoisotopic (exact) mass is 347 g/mol. The van der Waals surface area contributed by atoms with Crippen LogP contribution in [0.25, 0.3) is 0 Å². The van der Waals surface area contributed by atoms with Gasteiger partial charge >= 0.3 is 0 Å². The zero-order valence-corrected chi connectivity index (χ0v) is 14.2. The van der Waals surface area contributed by atoms with Crippen molar-refractivity contribution in [3.05, 3.63) is 47.5 Å². The average molecular weight is 347 g/mol. The van der Waals surface area contributed by atoms with Gasteiger partial charge in [-0.2, -0.15) is 5.26 Å². The van der Waals surface area contributed by atoms with Gasteiger partial charge in [-0.25, -0.2) is 8.78 Å². The zero-order chi connectivity index (χ0) is 17.8. The van der Waals surface area contributed by atoms with E-state index in [4.69, 9.17) is 14.7 Å². The van der Waals surface area contributed by atoms with E-state index in [1.165, 1.54) is 31.8 Å². The highest BCUT2D eigenvalue weighted by atomic mass is 19.1. The largest absolute Gasteiger partial charge is 0.348 e. The van der Waals surface area contributed by atoms with E-state index in [1.807, 2.05) is 6.08 Å². The summed E-state index contributed by atoms with van der Waals surface area (Å²) >= 11 is 0. The molecule has 2 aliphatic rings. The quantitative estimate of drug-likeness (QED) is 0.729. The molecule has 25 heavy (non-hydrogen) atoms. The maximum atomic E-state index is 13.8. The molecule has 0 N–H and O–H groups in total. The van der Waals surface area contributed by atoms with Gasteiger partial charge in [0.05, 0.1) is 13.2 Å². The standard InChI is InChI=1S/C20H23F2NO2/c1-2-3-13-4-6-14(7-5-13)16-11-24-20(25-12-16)15-8-18(21)17(10-23)19(22)9-15/h2,8-9,13-14,16,20H,1,3-7,11-12H2/t13-,14-,16-,20-. The van der Waals surface area contributed by atoms with E-state index in [0.717, 1.165) is 24.5 Å². The minimum atomic E-state index is -0.882. The lowest BCUT2D eigenvalue weighted by molar-refractivity contribution is -0.215. The molecule has 0 atom stereocenters. The van der Waals surface area contributed by atoms with Crippen LogP contribution in [0.1, 0.15) is 49.5 Å². The van der Waals surface area contributed by atoms with Crippen molar-refractivity contribution >= 4 is 0 Å². The lowest BCUT2D eigenvalue weighted by atomic mass is 9.75. The molecule has 0 unspecified atom stereocenters. The van der Waals surface area contributed by atoms with Gasteiger partial charge in [-0.3, -0.25) is 0 Å². The summed E-state index contributed by atoms with van der Waals surface area (Å²) in [6.45, 7) is 4.88. The fourth-order valence-corrected chi connectivity index (χ4v) is 3.95. The highest BCUT2D eigenvalue weighted by molar-refractivity contribution is 5.35. The van der Waals surface area contributed by atoms with Crippen molar-refractivity contribution in [3.8, 4) is 6.07 Å². The van der Waals surface area contributed by atoms with Gasteiger partial charge in [-0.1, -0.05) is 6.08 Å². The predicted octanol–water partition coefficient (Wildman–Crippen LogP) is 4.88. The molecule has 5 heteroatoms. The third kappa shape index (κ3) is 4.08. The Morgan fingerprint density at radius 2 is 1.68 bits per heavy atom. The highest BCUT2D eigenvalue weighted by Crippen LogP contribution is 2.38. The van der Waals surface area contributed by atoms with Gasteiger partial charge in [0.1, 0.15) is 23.3 Å². The van der Waals surface area contributed by atoms with Gasteiger partial charge in [-0.05, 0) is 56.1 Å². The van der Waals surface area contributed by atoms with Crippen molar-refractivity contribution in [3.63, 3.8) is 0 Å². The molecule has 0 amide bonds. The topological polar surface area (TPSA) is 42.2 Å². The van der Waals surface area contributed by atoms with Crippen LogP contribution in [0.15, 0.2) is 24.8 Å². The number of rotatable bonds is 4. The number of hydrogen-bond acceptors (Lipinski definition) is 3. The van der Waals surface area contributed by atoms with Crippen molar-refractivity contribution in [2.45, 2.75) is 38.4 Å². The molecular weight excluding hydrogens is 324 g/mol. The Morgan fingerprint density at radius 1 is 1.08 bits per heavy atom. The number of nitriles is 1. The first-order valence-corrected chi connectivity index (χ1v) is 8.85. The van der Waals surface area contributed by atoms with E-state index < -0.39 is 23.5 Å². The van der Waals surface area contributed by atoms with Crippen molar-refractivity contribution in [2.24, 2.45) is 17.8 Å². The first kappa shape index (κ1) is 18.0. The van der Waals surface area contributed by atoms with E-state index in [9.17, 15) is 8.78 Å². The Kier molecular flexibility index (Phi) is 5.82. The number of nitrogens with zero attached hydrogens (tertiary/aromatic N) is 1. The van der Waals surface area contributed by atoms with Crippen LogP contribution >= 0.6 is 0 Å². The third-order valence-corrected chi connectivity index (χ3v) is 5.43. The van der Waals surface area contributed by atoms with Crippen molar-refractivity contribution in [2.75, 3.05) is 13.2 Å². The molecule has 1 aliphatic carbocycles. The summed E-state index contributed by atoms with van der Waals surface area (Å²) in [7, 11) is 0. The molecule has 3 nitrogen and oxygen atoms in total. The third-order valence-electron chi connectivity index (χ3n) is 5.43. The van der Waals surface area contributed by atoms with E-state index in [0.29, 0.717) is 25.0 Å². The van der Waals surface area contributed by atoms with Gasteiger partial charge in [0, 0.05) is 11.5 Å². The van der Waals surface area contributed by atoms with Gasteiger partial charge in [0.2, 0.25) is 0 Å². The Labute approximate surface area is 147 Å². The normalized spacial score (nSPS) is 29.8. The van der Waals surface area contributed by atoms with Crippen LogP contribution < -0.4 is 0 Å². The molecule has 134 valence electrons. The van der Waals surface area contributed by atoms with Crippen molar-refractivity contribution in [1.82, 2.24) is 0 Å². The summed E-state index contributed by atoms with van der Waals surface area (Å²) in [5.41, 5.74) is -0.295. The summed E-state index contributed by atoms with van der Waals surface area (Å²) in [6, 6.07) is 3.75. The fourth-order valence-electron chi connectivity index (χ4n) is 3.95. The van der Waals surface area contributed by atoms with E-state index in [2.05, 4.69) is 6.58 Å². The van der Waals surface area contributed by atoms with Crippen LogP contribution in [0.2, 0.25) is 0 Å². The van der Waals surface area contributed by atoms with Gasteiger partial charge < -0.3 is 9.47 Å². The number of halogens is 2. The van der Waals surface area contributed by atoms with Crippen LogP contribution in [-0.2, 0) is 9.47 Å². The predicted molar refractivity (Wildman–Crippen MR) is 89.5 cm³/mol. The Bertz CT molecular complexity index is 631. The molecule has 1 heterocycles. The van der Waals surface area contributed by atoms with Crippen LogP contribution in [0.4, 0.5) is 8.78 Å². The van der Waals surface area contributed by atoms with E-state index in [-0.39, 0.29) is 5.56 Å². The van der Waals surface area contributed by atoms with Crippen LogP contribution in [0.3, 0.4) is 0 Å². The van der Waals surface area contributed by atoms with Gasteiger partial charge in [-0.15, -0.1) is 6.58 Å². The van der Waals surface area contributed by atoms with Gasteiger partial charge in [0.25, 0.3) is 0 Å². The van der Waals surface area contributed by atoms with E-state index >= 15 is 0 Å². The lowest BCUT2D eigenvalue weighted by Gasteiger charge is -2.37. The molecule has 1 saturated carbocycles. The van der Waals surface area contributed by atoms with Crippen molar-refractivity contribution < 1.29 is 18.3 Å². The first-order valence-electron chi connectivity index (χ1n) is 8.85. The number of benzene rings is 1. The highest BCUT2D eigenvalue weighted by Gasteiger charge is 2.32. The molecule has 1 aromatic rings. The fraction of sp³-hybridized carbons (Fsp3) is 0.550. The maximum absolute atomic E-state index is 13.8. The molecule has 0 radical (unpaired) electrons. The molecule has 0 bridgehead atoms. The summed E-state index contributed by atoms with van der Waals surface area (Å²) in [4.78, 5) is 0. The van der Waals surface area contributed by atoms with Gasteiger partial charge in [0.15, 0.2) is 6.29 Å². The second-order valence-electron chi connectivity index (χ2n) is 7.04. The minimum Gasteiger partial charge on any atom is -0.348 e. The van der Waals surface area contributed by atoms with Crippen molar-refractivity contribution in [1.29, 1.82) is 5.26 Å². The molecule has 2 fully saturated rings. The summed E-state index contributed by atoms with van der Waals surface area (Å²) in [5, 5.41) is 8.73. The molecule has 1 aliphatic heterocycles. The SMILES string of the molecule is C=CC[C@H]1CC[C@H]([C@H]2CO[C@H](c3cc(F)c(C#N)c(F)c3)OC2)CC1. The summed E-state index contributed by atoms with van der Waals surface area (Å²) in [5.74, 6) is -0.110. The molecule has 0 aromatic heterocycles. The summed E-state index contributed by atoms with van der Waals surface area (Å²) < 4.78 is 39.0. The Hall–Kier alpha value is -1.77. The lowest BCUT2D eigenvalue weighted by Crippen LogP contribution is -2.34. The van der Waals surface area contributed by atoms with Crippen LogP contribution in [0.5, 0.6) is 0 Å². The minimum absolute atomic E-state index is 0.280. The Morgan fingerprint density at radius 3 is 2.20 bits per heavy atom. The smallest absolute Gasteiger partial charge is 0.184 e. The second kappa shape index (κ2) is 8.07. The second-order valence-corrected chi connectivity index (χ2v) is 7.04. The van der Waals surface area contributed by atoms with Crippen LogP contribution in [-0.4, -0.2) is 13.2 Å². The number of hydrogen-bond donors (Lipinski definition) is 0. The molecule has 0 spiro atoms. The molecule has 1 aromatic carbocycles. The summed E-state index contributed by atoms with van der Waals surface area (Å²) in [6.07, 6.45) is 7.07. The van der Waals surface area contributed by atoms with E-state index in [1.54, 1.807) is 0 Å². The maximum Gasteiger partial charge on any atom is 0.184 e. The molecule has 1 saturated heterocycles. The first-order chi connectivity index (χ1) is 12.1. The average Bonchev–Trinajstić information content (AvgIpc) is 2.62. The van der Waals surface area contributed by atoms with Crippen LogP contribution in [0, 0.1) is 40.7 Å². The zero-order valence-electron chi connectivity index (χ0n) is 14.2. The molecular formula is C20H23F2NO2. The number of allylic oxidation sites excluding steroid dienone is 1. The number of ether oxygens (including phenoxy) is 2. The Balaban J connectivity index is 1.56. The molecule has 3 rings (SSSR count).